The summed E-state index contributed by atoms with van der Waals surface area (Å²) in [5, 5.41) is 16.7. The molecule has 0 aliphatic heterocycles. The highest BCUT2D eigenvalue weighted by molar-refractivity contribution is 5.87. The molecule has 1 rings (SSSR count). The predicted molar refractivity (Wildman–Crippen MR) is 73.6 cm³/mol. The van der Waals surface area contributed by atoms with E-state index in [-0.39, 0.29) is 11.6 Å². The maximum Gasteiger partial charge on any atom is 0.358 e. The zero-order valence-corrected chi connectivity index (χ0v) is 12.5. The summed E-state index contributed by atoms with van der Waals surface area (Å²) in [5.74, 6) is -1.18. The van der Waals surface area contributed by atoms with Gasteiger partial charge < -0.3 is 10.0 Å². The van der Waals surface area contributed by atoms with E-state index in [4.69, 9.17) is 5.11 Å². The van der Waals surface area contributed by atoms with Crippen molar-refractivity contribution >= 4 is 11.9 Å². The van der Waals surface area contributed by atoms with Crippen molar-refractivity contribution in [1.82, 2.24) is 19.9 Å². The van der Waals surface area contributed by atoms with Crippen LogP contribution in [0.15, 0.2) is 0 Å². The number of amides is 1. The Hall–Kier alpha value is -1.92. The molecule has 0 aromatic carbocycles. The van der Waals surface area contributed by atoms with E-state index in [2.05, 4.69) is 10.3 Å². The van der Waals surface area contributed by atoms with Gasteiger partial charge in [-0.1, -0.05) is 18.6 Å². The van der Waals surface area contributed by atoms with Crippen molar-refractivity contribution in [3.05, 3.63) is 11.4 Å². The van der Waals surface area contributed by atoms with Crippen LogP contribution in [0.25, 0.3) is 0 Å². The van der Waals surface area contributed by atoms with E-state index in [1.807, 2.05) is 20.8 Å². The van der Waals surface area contributed by atoms with Crippen molar-refractivity contribution in [3.8, 4) is 0 Å². The molecule has 0 bridgehead atoms. The summed E-state index contributed by atoms with van der Waals surface area (Å²) in [5.41, 5.74) is 0.444. The largest absolute Gasteiger partial charge is 0.476 e. The first-order valence-corrected chi connectivity index (χ1v) is 6.93. The summed E-state index contributed by atoms with van der Waals surface area (Å²) in [6, 6.07) is -0.544. The van der Waals surface area contributed by atoms with Crippen molar-refractivity contribution < 1.29 is 14.7 Å². The number of hydrogen-bond acceptors (Lipinski definition) is 4. The molecule has 1 atom stereocenters. The minimum Gasteiger partial charge on any atom is -0.476 e. The molecule has 0 saturated carbocycles. The van der Waals surface area contributed by atoms with Gasteiger partial charge in [-0.05, 0) is 27.2 Å². The third-order valence-electron chi connectivity index (χ3n) is 3.28. The van der Waals surface area contributed by atoms with E-state index in [0.29, 0.717) is 25.2 Å². The second-order valence-corrected chi connectivity index (χ2v) is 4.57. The second kappa shape index (κ2) is 7.02. The topological polar surface area (TPSA) is 88.3 Å². The minimum absolute atomic E-state index is 0.0638. The summed E-state index contributed by atoms with van der Waals surface area (Å²) in [6.07, 6.45) is 1.30. The normalized spacial score (nSPS) is 12.2. The van der Waals surface area contributed by atoms with Crippen LogP contribution in [0, 0.1) is 0 Å². The molecule has 20 heavy (non-hydrogen) atoms. The Balaban J connectivity index is 3.12. The standard InChI is InChI=1S/C13H22N4O3/c1-5-8-10-11(13(19)20)14-15-17(10)9(4)12(18)16(6-2)7-3/h9H,5-8H2,1-4H3,(H,19,20). The highest BCUT2D eigenvalue weighted by Gasteiger charge is 2.26. The van der Waals surface area contributed by atoms with Crippen molar-refractivity contribution in [1.29, 1.82) is 0 Å². The van der Waals surface area contributed by atoms with Gasteiger partial charge in [0.15, 0.2) is 5.69 Å². The van der Waals surface area contributed by atoms with Crippen molar-refractivity contribution in [3.63, 3.8) is 0 Å². The lowest BCUT2D eigenvalue weighted by molar-refractivity contribution is -0.134. The van der Waals surface area contributed by atoms with Crippen LogP contribution < -0.4 is 0 Å². The average molecular weight is 282 g/mol. The number of rotatable bonds is 7. The molecule has 0 aliphatic rings. The summed E-state index contributed by atoms with van der Waals surface area (Å²) < 4.78 is 1.44. The number of carbonyl (C=O) groups excluding carboxylic acids is 1. The zero-order valence-electron chi connectivity index (χ0n) is 12.5. The third kappa shape index (κ3) is 3.15. The van der Waals surface area contributed by atoms with E-state index >= 15 is 0 Å². The molecule has 1 unspecified atom stereocenters. The molecular formula is C13H22N4O3. The molecule has 1 aromatic heterocycles. The fraction of sp³-hybridized carbons (Fsp3) is 0.692. The summed E-state index contributed by atoms with van der Waals surface area (Å²) in [6.45, 7) is 8.71. The van der Waals surface area contributed by atoms with Crippen LogP contribution >= 0.6 is 0 Å². The molecule has 0 saturated heterocycles. The van der Waals surface area contributed by atoms with Crippen LogP contribution in [-0.4, -0.2) is 50.0 Å². The Kier molecular flexibility index (Phi) is 5.66. The fourth-order valence-electron chi connectivity index (χ4n) is 2.16. The smallest absolute Gasteiger partial charge is 0.358 e. The predicted octanol–water partition coefficient (Wildman–Crippen LogP) is 1.36. The van der Waals surface area contributed by atoms with Gasteiger partial charge in [0.05, 0.1) is 5.69 Å². The zero-order chi connectivity index (χ0) is 15.3. The van der Waals surface area contributed by atoms with Crippen LogP contribution in [0.3, 0.4) is 0 Å². The number of hydrogen-bond donors (Lipinski definition) is 1. The van der Waals surface area contributed by atoms with Gasteiger partial charge in [0.25, 0.3) is 0 Å². The molecule has 1 amide bonds. The summed E-state index contributed by atoms with van der Waals surface area (Å²) >= 11 is 0. The lowest BCUT2D eigenvalue weighted by atomic mass is 10.2. The minimum atomic E-state index is -1.11. The van der Waals surface area contributed by atoms with Crippen LogP contribution in [0.1, 0.15) is 56.3 Å². The molecule has 7 nitrogen and oxygen atoms in total. The van der Waals surface area contributed by atoms with Gasteiger partial charge >= 0.3 is 5.97 Å². The molecule has 7 heteroatoms. The number of carbonyl (C=O) groups is 2. The summed E-state index contributed by atoms with van der Waals surface area (Å²) in [7, 11) is 0. The monoisotopic (exact) mass is 282 g/mol. The average Bonchev–Trinajstić information content (AvgIpc) is 2.83. The lowest BCUT2D eigenvalue weighted by Gasteiger charge is -2.23. The van der Waals surface area contributed by atoms with Gasteiger partial charge in [-0.15, -0.1) is 5.10 Å². The summed E-state index contributed by atoms with van der Waals surface area (Å²) in [4.78, 5) is 25.2. The Morgan fingerprint density at radius 3 is 2.35 bits per heavy atom. The second-order valence-electron chi connectivity index (χ2n) is 4.57. The first-order valence-electron chi connectivity index (χ1n) is 6.93. The van der Waals surface area contributed by atoms with Gasteiger partial charge in [-0.25, -0.2) is 9.48 Å². The van der Waals surface area contributed by atoms with Gasteiger partial charge in [0.1, 0.15) is 6.04 Å². The molecule has 0 spiro atoms. The molecular weight excluding hydrogens is 260 g/mol. The van der Waals surface area contributed by atoms with E-state index < -0.39 is 12.0 Å². The molecule has 1 aromatic rings. The van der Waals surface area contributed by atoms with E-state index in [1.54, 1.807) is 11.8 Å². The number of aromatic nitrogens is 3. The first kappa shape index (κ1) is 16.1. The Labute approximate surface area is 118 Å². The Bertz CT molecular complexity index is 480. The van der Waals surface area contributed by atoms with Gasteiger partial charge in [0.2, 0.25) is 5.91 Å². The number of nitrogens with zero attached hydrogens (tertiary/aromatic N) is 4. The molecule has 112 valence electrons. The van der Waals surface area contributed by atoms with Crippen LogP contribution in [-0.2, 0) is 11.2 Å². The number of carboxylic acid groups (broad SMARTS) is 1. The van der Waals surface area contributed by atoms with Gasteiger partial charge in [-0.3, -0.25) is 4.79 Å². The van der Waals surface area contributed by atoms with Crippen LogP contribution in [0.4, 0.5) is 0 Å². The number of aromatic carboxylic acids is 1. The quantitative estimate of drug-likeness (QED) is 0.815. The maximum absolute atomic E-state index is 12.3. The third-order valence-corrected chi connectivity index (χ3v) is 3.28. The Morgan fingerprint density at radius 2 is 1.90 bits per heavy atom. The number of carboxylic acids is 1. The molecule has 1 N–H and O–H groups in total. The lowest BCUT2D eigenvalue weighted by Crippen LogP contribution is -2.36. The fourth-order valence-corrected chi connectivity index (χ4v) is 2.16. The van der Waals surface area contributed by atoms with Crippen LogP contribution in [0.5, 0.6) is 0 Å². The Morgan fingerprint density at radius 1 is 1.30 bits per heavy atom. The molecule has 1 heterocycles. The highest BCUT2D eigenvalue weighted by Crippen LogP contribution is 2.16. The van der Waals surface area contributed by atoms with Gasteiger partial charge in [0, 0.05) is 13.1 Å². The van der Waals surface area contributed by atoms with Gasteiger partial charge in [-0.2, -0.15) is 0 Å². The number of likely N-dealkylation sites (N-methyl/N-ethyl adjacent to an activating group) is 1. The van der Waals surface area contributed by atoms with Crippen molar-refractivity contribution in [2.24, 2.45) is 0 Å². The van der Waals surface area contributed by atoms with Crippen LogP contribution in [0.2, 0.25) is 0 Å². The molecule has 0 fully saturated rings. The molecule has 0 aliphatic carbocycles. The van der Waals surface area contributed by atoms with E-state index in [0.717, 1.165) is 6.42 Å². The SMILES string of the molecule is CCCc1c(C(=O)O)nnn1C(C)C(=O)N(CC)CC. The van der Waals surface area contributed by atoms with Crippen molar-refractivity contribution in [2.45, 2.75) is 46.6 Å². The molecule has 0 radical (unpaired) electrons. The first-order chi connectivity index (χ1) is 9.47. The highest BCUT2D eigenvalue weighted by atomic mass is 16.4. The maximum atomic E-state index is 12.3. The van der Waals surface area contributed by atoms with E-state index in [1.165, 1.54) is 4.68 Å². The van der Waals surface area contributed by atoms with Crippen molar-refractivity contribution in [2.75, 3.05) is 13.1 Å². The van der Waals surface area contributed by atoms with E-state index in [9.17, 15) is 9.59 Å².